The Hall–Kier alpha value is -3.39. The minimum atomic E-state index is -0.0756. The van der Waals surface area contributed by atoms with Crippen molar-refractivity contribution in [3.63, 3.8) is 0 Å². The minimum absolute atomic E-state index is 0.0756. The van der Waals surface area contributed by atoms with Crippen LogP contribution in [0.15, 0.2) is 66.0 Å². The lowest BCUT2D eigenvalue weighted by molar-refractivity contribution is 0.222. The maximum atomic E-state index is 12.3. The lowest BCUT2D eigenvalue weighted by Crippen LogP contribution is -2.29. The van der Waals surface area contributed by atoms with Gasteiger partial charge in [0, 0.05) is 17.0 Å². The van der Waals surface area contributed by atoms with Crippen LogP contribution in [0.3, 0.4) is 0 Å². The molecule has 0 unspecified atom stereocenters. The van der Waals surface area contributed by atoms with E-state index in [0.29, 0.717) is 29.5 Å². The summed E-state index contributed by atoms with van der Waals surface area (Å²) < 4.78 is 0. The summed E-state index contributed by atoms with van der Waals surface area (Å²) in [5.41, 5.74) is 16.2. The third-order valence-electron chi connectivity index (χ3n) is 4.22. The van der Waals surface area contributed by atoms with Gasteiger partial charge in [0.05, 0.1) is 30.3 Å². The Bertz CT molecular complexity index is 1030. The van der Waals surface area contributed by atoms with Gasteiger partial charge in [0.2, 0.25) is 0 Å². The molecule has 28 heavy (non-hydrogen) atoms. The van der Waals surface area contributed by atoms with Crippen molar-refractivity contribution < 1.29 is 4.79 Å². The van der Waals surface area contributed by atoms with E-state index in [4.69, 9.17) is 11.5 Å². The van der Waals surface area contributed by atoms with Crippen molar-refractivity contribution in [2.75, 3.05) is 17.2 Å². The van der Waals surface area contributed by atoms with Gasteiger partial charge in [-0.05, 0) is 29.3 Å². The average Bonchev–Trinajstić information content (AvgIpc) is 2.71. The smallest absolute Gasteiger partial charge is 0.302 e. The maximum Gasteiger partial charge on any atom is 0.302 e. The van der Waals surface area contributed by atoms with Crippen LogP contribution in [0.1, 0.15) is 11.1 Å². The number of hydrogen-bond acceptors (Lipinski definition) is 7. The number of carbonyl (C=O) groups excluding carboxylic acids is 1. The number of amides is 1. The molecule has 7 nitrogen and oxygen atoms in total. The van der Waals surface area contributed by atoms with E-state index in [2.05, 4.69) is 15.1 Å². The van der Waals surface area contributed by atoms with Crippen LogP contribution in [0.2, 0.25) is 0 Å². The molecule has 140 valence electrons. The number of nitrogens with zero attached hydrogens (tertiary/aromatic N) is 4. The highest BCUT2D eigenvalue weighted by Crippen LogP contribution is 2.24. The first-order chi connectivity index (χ1) is 13.6. The molecule has 0 atom stereocenters. The maximum absolute atomic E-state index is 12.3. The summed E-state index contributed by atoms with van der Waals surface area (Å²) in [4.78, 5) is 20.8. The zero-order valence-electron chi connectivity index (χ0n) is 14.9. The molecule has 4 N–H and O–H groups in total. The number of anilines is 2. The van der Waals surface area contributed by atoms with Gasteiger partial charge in [0.15, 0.2) is 5.82 Å². The van der Waals surface area contributed by atoms with Crippen molar-refractivity contribution in [1.82, 2.24) is 15.0 Å². The number of carbonyl (C=O) groups is 1. The molecule has 0 radical (unpaired) electrons. The van der Waals surface area contributed by atoms with Crippen molar-refractivity contribution in [2.24, 2.45) is 5.10 Å². The van der Waals surface area contributed by atoms with Gasteiger partial charge in [-0.3, -0.25) is 4.79 Å². The van der Waals surface area contributed by atoms with E-state index in [0.717, 1.165) is 22.4 Å². The van der Waals surface area contributed by atoms with E-state index in [9.17, 15) is 4.79 Å². The Morgan fingerprint density at radius 3 is 2.46 bits per heavy atom. The van der Waals surface area contributed by atoms with Gasteiger partial charge in [-0.25, -0.2) is 15.0 Å². The second-order valence-electron chi connectivity index (χ2n) is 6.32. The summed E-state index contributed by atoms with van der Waals surface area (Å²) in [6, 6.07) is 15.2. The van der Waals surface area contributed by atoms with E-state index in [1.54, 1.807) is 12.4 Å². The molecule has 1 aliphatic rings. The first kappa shape index (κ1) is 18.0. The van der Waals surface area contributed by atoms with E-state index >= 15 is 0 Å². The second kappa shape index (κ2) is 7.69. The van der Waals surface area contributed by atoms with Crippen molar-refractivity contribution in [3.05, 3.63) is 72.1 Å². The van der Waals surface area contributed by atoms with E-state index < -0.39 is 0 Å². The first-order valence-corrected chi connectivity index (χ1v) is 9.61. The fourth-order valence-electron chi connectivity index (χ4n) is 2.81. The van der Waals surface area contributed by atoms with Gasteiger partial charge in [-0.15, -0.1) is 0 Å². The molecule has 0 saturated carbocycles. The summed E-state index contributed by atoms with van der Waals surface area (Å²) in [6.45, 7) is 0.368. The average molecular weight is 390 g/mol. The topological polar surface area (TPSA) is 110 Å². The predicted octanol–water partition coefficient (Wildman–Crippen LogP) is 3.38. The number of thioether (sulfide) groups is 1. The van der Waals surface area contributed by atoms with Crippen molar-refractivity contribution in [1.29, 1.82) is 0 Å². The molecule has 2 heterocycles. The molecular formula is C20H18N6OS. The number of hydrazone groups is 1. The highest BCUT2D eigenvalue weighted by molar-refractivity contribution is 8.14. The third-order valence-corrected chi connectivity index (χ3v) is 5.09. The van der Waals surface area contributed by atoms with Crippen LogP contribution < -0.4 is 11.5 Å². The molecule has 0 bridgehead atoms. The SMILES string of the molecule is Nc1ccc(C2=NN(Cc3cccc(-c4ncc(N)cn4)c3)C(=O)SC2)cc1. The summed E-state index contributed by atoms with van der Waals surface area (Å²) in [6.07, 6.45) is 3.14. The number of benzene rings is 2. The molecule has 1 amide bonds. The lowest BCUT2D eigenvalue weighted by Gasteiger charge is -2.23. The normalized spacial score (nSPS) is 14.1. The Labute approximate surface area is 166 Å². The molecule has 1 aliphatic heterocycles. The van der Waals surface area contributed by atoms with E-state index in [-0.39, 0.29) is 5.24 Å². The third kappa shape index (κ3) is 3.96. The van der Waals surface area contributed by atoms with Crippen LogP contribution in [0, 0.1) is 0 Å². The summed E-state index contributed by atoms with van der Waals surface area (Å²) >= 11 is 1.24. The molecule has 1 aromatic heterocycles. The predicted molar refractivity (Wildman–Crippen MR) is 113 cm³/mol. The zero-order valence-corrected chi connectivity index (χ0v) is 15.8. The summed E-state index contributed by atoms with van der Waals surface area (Å²) in [7, 11) is 0. The van der Waals surface area contributed by atoms with Crippen molar-refractivity contribution in [3.8, 4) is 11.4 Å². The highest BCUT2D eigenvalue weighted by Gasteiger charge is 2.22. The second-order valence-corrected chi connectivity index (χ2v) is 7.25. The van der Waals surface area contributed by atoms with Crippen LogP contribution in [0.5, 0.6) is 0 Å². The quantitative estimate of drug-likeness (QED) is 0.661. The van der Waals surface area contributed by atoms with Crippen molar-refractivity contribution >= 4 is 34.1 Å². The molecule has 0 fully saturated rings. The molecule has 2 aromatic carbocycles. The lowest BCUT2D eigenvalue weighted by atomic mass is 10.1. The number of aromatic nitrogens is 2. The van der Waals surface area contributed by atoms with Crippen LogP contribution in [-0.2, 0) is 6.54 Å². The van der Waals surface area contributed by atoms with E-state index in [1.165, 1.54) is 16.8 Å². The Kier molecular flexibility index (Phi) is 4.94. The van der Waals surface area contributed by atoms with Gasteiger partial charge in [0.1, 0.15) is 0 Å². The highest BCUT2D eigenvalue weighted by atomic mass is 32.2. The molecule has 0 saturated heterocycles. The van der Waals surface area contributed by atoms with Crippen molar-refractivity contribution in [2.45, 2.75) is 6.54 Å². The fourth-order valence-corrected chi connectivity index (χ4v) is 3.54. The molecule has 4 rings (SSSR count). The molecule has 3 aromatic rings. The van der Waals surface area contributed by atoms with Crippen LogP contribution in [-0.4, -0.2) is 31.7 Å². The largest absolute Gasteiger partial charge is 0.399 e. The molecular weight excluding hydrogens is 372 g/mol. The fraction of sp³-hybridized carbons (Fsp3) is 0.100. The minimum Gasteiger partial charge on any atom is -0.399 e. The van der Waals surface area contributed by atoms with E-state index in [1.807, 2.05) is 48.5 Å². The van der Waals surface area contributed by atoms with Gasteiger partial charge < -0.3 is 11.5 Å². The molecule has 0 aliphatic carbocycles. The van der Waals surface area contributed by atoms with Gasteiger partial charge >= 0.3 is 5.24 Å². The Morgan fingerprint density at radius 1 is 0.964 bits per heavy atom. The van der Waals surface area contributed by atoms with Gasteiger partial charge in [0.25, 0.3) is 0 Å². The zero-order chi connectivity index (χ0) is 19.5. The van der Waals surface area contributed by atoms with Crippen LogP contribution in [0.4, 0.5) is 16.2 Å². The number of hydrogen-bond donors (Lipinski definition) is 2. The van der Waals surface area contributed by atoms with Gasteiger partial charge in [-0.2, -0.15) is 5.10 Å². The van der Waals surface area contributed by atoms with Crippen LogP contribution in [0.25, 0.3) is 11.4 Å². The monoisotopic (exact) mass is 390 g/mol. The molecule has 0 spiro atoms. The first-order valence-electron chi connectivity index (χ1n) is 8.63. The summed E-state index contributed by atoms with van der Waals surface area (Å²) in [5.74, 6) is 1.12. The standard InChI is InChI=1S/C20H18N6OS/c21-16-6-4-14(5-7-16)18-12-28-20(27)26(25-18)11-13-2-1-3-15(8-13)19-23-9-17(22)10-24-19/h1-10H,11-12,21-22H2. The van der Waals surface area contributed by atoms with Crippen LogP contribution >= 0.6 is 11.8 Å². The molecule has 8 heteroatoms. The number of nitrogens with two attached hydrogens (primary N) is 2. The van der Waals surface area contributed by atoms with Gasteiger partial charge in [-0.1, -0.05) is 42.1 Å². The Balaban J connectivity index is 1.58. The Morgan fingerprint density at radius 2 is 1.71 bits per heavy atom. The number of rotatable bonds is 4. The number of nitrogen functional groups attached to an aromatic ring is 2. The summed E-state index contributed by atoms with van der Waals surface area (Å²) in [5, 5.41) is 5.98.